The van der Waals surface area contributed by atoms with Crippen molar-refractivity contribution in [1.29, 1.82) is 0 Å². The van der Waals surface area contributed by atoms with Gasteiger partial charge in [0.25, 0.3) is 0 Å². The van der Waals surface area contributed by atoms with Gasteiger partial charge in [0.2, 0.25) is 0 Å². The van der Waals surface area contributed by atoms with Crippen LogP contribution < -0.4 is 10.1 Å². The van der Waals surface area contributed by atoms with Crippen molar-refractivity contribution in [1.82, 2.24) is 5.32 Å². The first-order chi connectivity index (χ1) is 10.1. The van der Waals surface area contributed by atoms with E-state index in [9.17, 15) is 8.78 Å². The fourth-order valence-corrected chi connectivity index (χ4v) is 2.16. The van der Waals surface area contributed by atoms with Gasteiger partial charge in [0.1, 0.15) is 11.6 Å². The zero-order chi connectivity index (χ0) is 14.8. The Morgan fingerprint density at radius 3 is 2.62 bits per heavy atom. The predicted molar refractivity (Wildman–Crippen MR) is 77.5 cm³/mol. The third-order valence-electron chi connectivity index (χ3n) is 3.59. The molecule has 0 saturated heterocycles. The minimum Gasteiger partial charge on any atom is -0.454 e. The van der Waals surface area contributed by atoms with Crippen LogP contribution in [-0.4, -0.2) is 6.04 Å². The van der Waals surface area contributed by atoms with E-state index in [4.69, 9.17) is 4.74 Å². The molecule has 1 N–H and O–H groups in total. The Hall–Kier alpha value is -1.94. The van der Waals surface area contributed by atoms with Crippen molar-refractivity contribution in [3.05, 3.63) is 59.2 Å². The summed E-state index contributed by atoms with van der Waals surface area (Å²) in [5.74, 6) is -0.738. The van der Waals surface area contributed by atoms with Crippen LogP contribution in [0.15, 0.2) is 36.4 Å². The summed E-state index contributed by atoms with van der Waals surface area (Å²) in [5.41, 5.74) is 2.29. The standard InChI is InChI=1S/C17H17F2NO/c1-11-8-15(6-2-12(11)10-20-14-4-5-14)21-17-7-3-13(18)9-16(17)19/h2-3,6-9,14,20H,4-5,10H2,1H3. The zero-order valence-corrected chi connectivity index (χ0v) is 11.8. The Balaban J connectivity index is 1.71. The predicted octanol–water partition coefficient (Wildman–Crippen LogP) is 4.32. The van der Waals surface area contributed by atoms with Crippen LogP contribution in [0.2, 0.25) is 0 Å². The molecule has 1 saturated carbocycles. The lowest BCUT2D eigenvalue weighted by atomic mass is 10.1. The summed E-state index contributed by atoms with van der Waals surface area (Å²) in [6, 6.07) is 9.60. The second-order valence-electron chi connectivity index (χ2n) is 5.42. The Morgan fingerprint density at radius 1 is 1.14 bits per heavy atom. The molecule has 0 unspecified atom stereocenters. The fraction of sp³-hybridized carbons (Fsp3) is 0.294. The lowest BCUT2D eigenvalue weighted by molar-refractivity contribution is 0.437. The van der Waals surface area contributed by atoms with E-state index in [-0.39, 0.29) is 5.75 Å². The van der Waals surface area contributed by atoms with Crippen LogP contribution in [0.25, 0.3) is 0 Å². The van der Waals surface area contributed by atoms with Gasteiger partial charge in [-0.1, -0.05) is 6.07 Å². The lowest BCUT2D eigenvalue weighted by Gasteiger charge is -2.11. The highest BCUT2D eigenvalue weighted by Crippen LogP contribution is 2.27. The highest BCUT2D eigenvalue weighted by atomic mass is 19.1. The van der Waals surface area contributed by atoms with Crippen molar-refractivity contribution < 1.29 is 13.5 Å². The number of nitrogens with one attached hydrogen (secondary N) is 1. The molecule has 0 bridgehead atoms. The molecule has 2 aromatic rings. The number of hydrogen-bond acceptors (Lipinski definition) is 2. The van der Waals surface area contributed by atoms with Gasteiger partial charge in [-0.3, -0.25) is 0 Å². The average Bonchev–Trinajstić information content (AvgIpc) is 3.25. The number of benzene rings is 2. The first-order valence-electron chi connectivity index (χ1n) is 7.07. The van der Waals surface area contributed by atoms with Crippen LogP contribution >= 0.6 is 0 Å². The molecule has 21 heavy (non-hydrogen) atoms. The maximum Gasteiger partial charge on any atom is 0.168 e. The molecule has 2 aromatic carbocycles. The van der Waals surface area contributed by atoms with E-state index in [1.165, 1.54) is 30.5 Å². The van der Waals surface area contributed by atoms with Crippen molar-refractivity contribution in [2.45, 2.75) is 32.4 Å². The fourth-order valence-electron chi connectivity index (χ4n) is 2.16. The van der Waals surface area contributed by atoms with Crippen molar-refractivity contribution in [2.75, 3.05) is 0 Å². The maximum atomic E-state index is 13.6. The van der Waals surface area contributed by atoms with Crippen molar-refractivity contribution in [2.24, 2.45) is 0 Å². The van der Waals surface area contributed by atoms with E-state index in [2.05, 4.69) is 5.32 Å². The minimum absolute atomic E-state index is 0.0275. The molecule has 0 aromatic heterocycles. The van der Waals surface area contributed by atoms with Gasteiger partial charge in [0.15, 0.2) is 11.6 Å². The van der Waals surface area contributed by atoms with Gasteiger partial charge in [-0.25, -0.2) is 8.78 Å². The molecule has 1 fully saturated rings. The Bertz CT molecular complexity index is 653. The molecule has 1 aliphatic rings. The highest BCUT2D eigenvalue weighted by molar-refractivity contribution is 5.38. The molecule has 2 nitrogen and oxygen atoms in total. The molecular weight excluding hydrogens is 272 g/mol. The van der Waals surface area contributed by atoms with Crippen LogP contribution in [0.5, 0.6) is 11.5 Å². The highest BCUT2D eigenvalue weighted by Gasteiger charge is 2.20. The molecule has 0 aliphatic heterocycles. The molecule has 110 valence electrons. The molecule has 0 heterocycles. The maximum absolute atomic E-state index is 13.6. The summed E-state index contributed by atoms with van der Waals surface area (Å²) < 4.78 is 31.9. The van der Waals surface area contributed by atoms with Gasteiger partial charge < -0.3 is 10.1 Å². The molecule has 4 heteroatoms. The number of hydrogen-bond donors (Lipinski definition) is 1. The summed E-state index contributed by atoms with van der Waals surface area (Å²) in [5, 5.41) is 3.46. The minimum atomic E-state index is -0.702. The molecule has 0 radical (unpaired) electrons. The van der Waals surface area contributed by atoms with E-state index in [0.717, 1.165) is 18.2 Å². The van der Waals surface area contributed by atoms with Crippen LogP contribution in [0.3, 0.4) is 0 Å². The summed E-state index contributed by atoms with van der Waals surface area (Å²) in [6.45, 7) is 2.83. The van der Waals surface area contributed by atoms with Gasteiger partial charge in [-0.2, -0.15) is 0 Å². The van der Waals surface area contributed by atoms with Crippen LogP contribution in [0.4, 0.5) is 8.78 Å². The molecule has 1 aliphatic carbocycles. The van der Waals surface area contributed by atoms with E-state index in [1.807, 2.05) is 19.1 Å². The normalized spacial score (nSPS) is 14.2. The molecule has 0 spiro atoms. The molecule has 0 atom stereocenters. The summed E-state index contributed by atoms with van der Waals surface area (Å²) in [4.78, 5) is 0. The van der Waals surface area contributed by atoms with Crippen molar-refractivity contribution >= 4 is 0 Å². The van der Waals surface area contributed by atoms with Gasteiger partial charge in [0.05, 0.1) is 0 Å². The smallest absolute Gasteiger partial charge is 0.168 e. The average molecular weight is 289 g/mol. The van der Waals surface area contributed by atoms with E-state index in [1.54, 1.807) is 6.07 Å². The van der Waals surface area contributed by atoms with Crippen molar-refractivity contribution in [3.63, 3.8) is 0 Å². The first-order valence-corrected chi connectivity index (χ1v) is 7.07. The Kier molecular flexibility index (Phi) is 3.88. The summed E-state index contributed by atoms with van der Waals surface area (Å²) >= 11 is 0. The monoisotopic (exact) mass is 289 g/mol. The van der Waals surface area contributed by atoms with E-state index >= 15 is 0 Å². The molecular formula is C17H17F2NO. The number of halogens is 2. The largest absolute Gasteiger partial charge is 0.454 e. The summed E-state index contributed by atoms with van der Waals surface area (Å²) in [7, 11) is 0. The van der Waals surface area contributed by atoms with Crippen LogP contribution in [0.1, 0.15) is 24.0 Å². The summed E-state index contributed by atoms with van der Waals surface area (Å²) in [6.07, 6.45) is 2.51. The van der Waals surface area contributed by atoms with Gasteiger partial charge in [-0.05, 0) is 55.2 Å². The third-order valence-corrected chi connectivity index (χ3v) is 3.59. The number of ether oxygens (including phenoxy) is 1. The molecule has 3 rings (SSSR count). The zero-order valence-electron chi connectivity index (χ0n) is 11.8. The second-order valence-corrected chi connectivity index (χ2v) is 5.42. The van der Waals surface area contributed by atoms with Crippen LogP contribution in [-0.2, 0) is 6.54 Å². The lowest BCUT2D eigenvalue weighted by Crippen LogP contribution is -2.15. The number of aryl methyl sites for hydroxylation is 1. The SMILES string of the molecule is Cc1cc(Oc2ccc(F)cc2F)ccc1CNC1CC1. The Morgan fingerprint density at radius 2 is 1.95 bits per heavy atom. The van der Waals surface area contributed by atoms with Gasteiger partial charge in [-0.15, -0.1) is 0 Å². The van der Waals surface area contributed by atoms with Crippen LogP contribution in [0, 0.1) is 18.6 Å². The quantitative estimate of drug-likeness (QED) is 0.885. The Labute approximate surface area is 122 Å². The van der Waals surface area contributed by atoms with Gasteiger partial charge in [0, 0.05) is 18.7 Å². The number of rotatable bonds is 5. The topological polar surface area (TPSA) is 21.3 Å². The first kappa shape index (κ1) is 14.0. The van der Waals surface area contributed by atoms with E-state index in [0.29, 0.717) is 11.8 Å². The van der Waals surface area contributed by atoms with Gasteiger partial charge >= 0.3 is 0 Å². The second kappa shape index (κ2) is 5.82. The van der Waals surface area contributed by atoms with Crippen molar-refractivity contribution in [3.8, 4) is 11.5 Å². The third kappa shape index (κ3) is 3.58. The molecule has 0 amide bonds. The van der Waals surface area contributed by atoms with E-state index < -0.39 is 11.6 Å².